The fourth-order valence-electron chi connectivity index (χ4n) is 2.04. The SMILES string of the molecule is Cc1nn(-c2cc(N)cc(OC(C)C)c2)c(C)c1C. The number of benzene rings is 1. The minimum atomic E-state index is 0.122. The van der Waals surface area contributed by atoms with E-state index in [1.807, 2.05) is 43.7 Å². The van der Waals surface area contributed by atoms with Gasteiger partial charge in [-0.15, -0.1) is 0 Å². The number of anilines is 1. The van der Waals surface area contributed by atoms with Crippen LogP contribution in [0.1, 0.15) is 30.8 Å². The number of nitrogens with two attached hydrogens (primary N) is 1. The first-order valence-electron chi connectivity index (χ1n) is 6.49. The van der Waals surface area contributed by atoms with E-state index in [1.165, 1.54) is 5.56 Å². The molecule has 0 saturated heterocycles. The highest BCUT2D eigenvalue weighted by Crippen LogP contribution is 2.24. The zero-order chi connectivity index (χ0) is 14.2. The summed E-state index contributed by atoms with van der Waals surface area (Å²) in [5.74, 6) is 0.773. The number of nitrogens with zero attached hydrogens (tertiary/aromatic N) is 2. The highest BCUT2D eigenvalue weighted by molar-refractivity contribution is 5.54. The quantitative estimate of drug-likeness (QED) is 0.861. The molecule has 0 fully saturated rings. The monoisotopic (exact) mass is 259 g/mol. The van der Waals surface area contributed by atoms with Crippen LogP contribution in [0.5, 0.6) is 5.75 Å². The Balaban J connectivity index is 2.49. The van der Waals surface area contributed by atoms with Crippen LogP contribution in [0.2, 0.25) is 0 Å². The Bertz CT molecular complexity index is 600. The lowest BCUT2D eigenvalue weighted by Gasteiger charge is -2.13. The van der Waals surface area contributed by atoms with Gasteiger partial charge < -0.3 is 10.5 Å². The van der Waals surface area contributed by atoms with Gasteiger partial charge in [-0.05, 0) is 46.2 Å². The van der Waals surface area contributed by atoms with Crippen LogP contribution in [-0.4, -0.2) is 15.9 Å². The number of hydrogen-bond donors (Lipinski definition) is 1. The first-order valence-corrected chi connectivity index (χ1v) is 6.49. The molecule has 1 aromatic heterocycles. The summed E-state index contributed by atoms with van der Waals surface area (Å²) < 4.78 is 7.62. The van der Waals surface area contributed by atoms with Gasteiger partial charge in [0.1, 0.15) is 5.75 Å². The predicted molar refractivity (Wildman–Crippen MR) is 78.0 cm³/mol. The minimum Gasteiger partial charge on any atom is -0.491 e. The number of nitrogen functional groups attached to an aromatic ring is 1. The van der Waals surface area contributed by atoms with Crippen molar-refractivity contribution in [1.82, 2.24) is 9.78 Å². The molecule has 102 valence electrons. The van der Waals surface area contributed by atoms with Gasteiger partial charge in [-0.25, -0.2) is 4.68 Å². The Kier molecular flexibility index (Phi) is 3.51. The molecule has 2 aromatic rings. The fourth-order valence-corrected chi connectivity index (χ4v) is 2.04. The van der Waals surface area contributed by atoms with Crippen LogP contribution in [0, 0.1) is 20.8 Å². The van der Waals surface area contributed by atoms with E-state index in [4.69, 9.17) is 10.5 Å². The molecule has 0 aliphatic heterocycles. The summed E-state index contributed by atoms with van der Waals surface area (Å²) >= 11 is 0. The molecule has 0 spiro atoms. The maximum atomic E-state index is 5.95. The largest absolute Gasteiger partial charge is 0.491 e. The molecule has 0 amide bonds. The molecule has 0 saturated carbocycles. The van der Waals surface area contributed by atoms with E-state index >= 15 is 0 Å². The van der Waals surface area contributed by atoms with E-state index in [1.54, 1.807) is 0 Å². The van der Waals surface area contributed by atoms with Gasteiger partial charge in [-0.2, -0.15) is 5.10 Å². The standard InChI is InChI=1S/C15H21N3O/c1-9(2)19-15-7-13(16)6-14(8-15)18-12(5)10(3)11(4)17-18/h6-9H,16H2,1-5H3. The zero-order valence-electron chi connectivity index (χ0n) is 12.2. The van der Waals surface area contributed by atoms with Gasteiger partial charge in [-0.1, -0.05) is 0 Å². The van der Waals surface area contributed by atoms with Crippen molar-refractivity contribution in [3.63, 3.8) is 0 Å². The molecule has 2 N–H and O–H groups in total. The molecular weight excluding hydrogens is 238 g/mol. The normalized spacial score (nSPS) is 11.1. The highest BCUT2D eigenvalue weighted by Gasteiger charge is 2.11. The van der Waals surface area contributed by atoms with E-state index in [-0.39, 0.29) is 6.10 Å². The molecule has 2 rings (SSSR count). The van der Waals surface area contributed by atoms with Gasteiger partial charge >= 0.3 is 0 Å². The summed E-state index contributed by atoms with van der Waals surface area (Å²) in [6, 6.07) is 5.71. The van der Waals surface area contributed by atoms with Crippen LogP contribution in [0.15, 0.2) is 18.2 Å². The van der Waals surface area contributed by atoms with Crippen LogP contribution in [0.25, 0.3) is 5.69 Å². The predicted octanol–water partition coefficient (Wildman–Crippen LogP) is 3.17. The Morgan fingerprint density at radius 3 is 2.37 bits per heavy atom. The summed E-state index contributed by atoms with van der Waals surface area (Å²) in [5.41, 5.74) is 10.9. The Labute approximate surface area is 114 Å². The molecule has 0 unspecified atom stereocenters. The Morgan fingerprint density at radius 2 is 1.84 bits per heavy atom. The van der Waals surface area contributed by atoms with Gasteiger partial charge in [0.2, 0.25) is 0 Å². The molecule has 0 radical (unpaired) electrons. The summed E-state index contributed by atoms with van der Waals surface area (Å²) in [7, 11) is 0. The van der Waals surface area contributed by atoms with E-state index < -0.39 is 0 Å². The Hall–Kier alpha value is -1.97. The van der Waals surface area contributed by atoms with Crippen LogP contribution in [0.3, 0.4) is 0 Å². The molecule has 4 heteroatoms. The molecule has 0 aliphatic carbocycles. The van der Waals surface area contributed by atoms with Crippen molar-refractivity contribution in [2.24, 2.45) is 0 Å². The van der Waals surface area contributed by atoms with Crippen molar-refractivity contribution < 1.29 is 4.74 Å². The van der Waals surface area contributed by atoms with E-state index in [0.29, 0.717) is 5.69 Å². The van der Waals surface area contributed by atoms with Gasteiger partial charge in [-0.3, -0.25) is 0 Å². The van der Waals surface area contributed by atoms with E-state index in [9.17, 15) is 0 Å². The molecule has 1 heterocycles. The molecule has 19 heavy (non-hydrogen) atoms. The lowest BCUT2D eigenvalue weighted by Crippen LogP contribution is -2.07. The number of rotatable bonds is 3. The molecule has 0 aliphatic rings. The van der Waals surface area contributed by atoms with Crippen molar-refractivity contribution in [2.45, 2.75) is 40.7 Å². The number of hydrogen-bond acceptors (Lipinski definition) is 3. The van der Waals surface area contributed by atoms with E-state index in [0.717, 1.165) is 22.8 Å². The van der Waals surface area contributed by atoms with Crippen LogP contribution in [-0.2, 0) is 0 Å². The van der Waals surface area contributed by atoms with Crippen molar-refractivity contribution in [3.05, 3.63) is 35.2 Å². The van der Waals surface area contributed by atoms with Crippen LogP contribution < -0.4 is 10.5 Å². The third-order valence-corrected chi connectivity index (χ3v) is 3.18. The van der Waals surface area contributed by atoms with Gasteiger partial charge in [0.25, 0.3) is 0 Å². The first-order chi connectivity index (χ1) is 8.88. The summed E-state index contributed by atoms with van der Waals surface area (Å²) in [4.78, 5) is 0. The average molecular weight is 259 g/mol. The fraction of sp³-hybridized carbons (Fsp3) is 0.400. The maximum absolute atomic E-state index is 5.95. The number of aryl methyl sites for hydroxylation is 1. The second-order valence-corrected chi connectivity index (χ2v) is 5.13. The molecule has 0 bridgehead atoms. The highest BCUT2D eigenvalue weighted by atomic mass is 16.5. The van der Waals surface area contributed by atoms with Crippen LogP contribution in [0.4, 0.5) is 5.69 Å². The van der Waals surface area contributed by atoms with Crippen molar-refractivity contribution in [2.75, 3.05) is 5.73 Å². The average Bonchev–Trinajstić information content (AvgIpc) is 2.55. The summed E-state index contributed by atoms with van der Waals surface area (Å²) in [6.07, 6.45) is 0.122. The van der Waals surface area contributed by atoms with Crippen molar-refractivity contribution in [3.8, 4) is 11.4 Å². The van der Waals surface area contributed by atoms with E-state index in [2.05, 4.69) is 18.9 Å². The molecular formula is C15H21N3O. The zero-order valence-corrected chi connectivity index (χ0v) is 12.2. The lowest BCUT2D eigenvalue weighted by molar-refractivity contribution is 0.242. The number of aromatic nitrogens is 2. The second-order valence-electron chi connectivity index (χ2n) is 5.13. The summed E-state index contributed by atoms with van der Waals surface area (Å²) in [5, 5.41) is 4.55. The van der Waals surface area contributed by atoms with Gasteiger partial charge in [0, 0.05) is 23.5 Å². The summed E-state index contributed by atoms with van der Waals surface area (Å²) in [6.45, 7) is 10.1. The Morgan fingerprint density at radius 1 is 1.16 bits per heavy atom. The smallest absolute Gasteiger partial charge is 0.123 e. The third-order valence-electron chi connectivity index (χ3n) is 3.18. The minimum absolute atomic E-state index is 0.122. The molecule has 1 aromatic carbocycles. The van der Waals surface area contributed by atoms with Gasteiger partial charge in [0.15, 0.2) is 0 Å². The topological polar surface area (TPSA) is 53.1 Å². The second kappa shape index (κ2) is 4.96. The molecule has 4 nitrogen and oxygen atoms in total. The van der Waals surface area contributed by atoms with Gasteiger partial charge in [0.05, 0.1) is 17.5 Å². The third kappa shape index (κ3) is 2.72. The molecule has 0 atom stereocenters. The first kappa shape index (κ1) is 13.5. The lowest BCUT2D eigenvalue weighted by atomic mass is 10.2. The van der Waals surface area contributed by atoms with Crippen molar-refractivity contribution in [1.29, 1.82) is 0 Å². The maximum Gasteiger partial charge on any atom is 0.123 e. The number of ether oxygens (including phenoxy) is 1. The van der Waals surface area contributed by atoms with Crippen molar-refractivity contribution >= 4 is 5.69 Å². The van der Waals surface area contributed by atoms with Crippen LogP contribution >= 0.6 is 0 Å².